The Bertz CT molecular complexity index is 788. The molecule has 1 aliphatic heterocycles. The van der Waals surface area contributed by atoms with Crippen LogP contribution in [0.2, 0.25) is 0 Å². The first-order chi connectivity index (χ1) is 13.5. The highest BCUT2D eigenvalue weighted by molar-refractivity contribution is 5.34. The van der Waals surface area contributed by atoms with Crippen LogP contribution in [0.15, 0.2) is 48.5 Å². The van der Waals surface area contributed by atoms with E-state index in [1.807, 2.05) is 0 Å². The van der Waals surface area contributed by atoms with Crippen molar-refractivity contribution in [2.45, 2.75) is 31.8 Å². The number of nitro benzene ring substituents is 2. The maximum absolute atomic E-state index is 10.9. The molecule has 1 aliphatic rings. The molecular weight excluding hydrogens is 366 g/mol. The van der Waals surface area contributed by atoms with Gasteiger partial charge in [0, 0.05) is 50.2 Å². The van der Waals surface area contributed by atoms with Crippen molar-refractivity contribution in [1.82, 2.24) is 5.32 Å². The van der Waals surface area contributed by atoms with Crippen LogP contribution in [0.5, 0.6) is 0 Å². The van der Waals surface area contributed by atoms with Crippen LogP contribution in [0.25, 0.3) is 0 Å². The molecule has 0 aromatic heterocycles. The summed E-state index contributed by atoms with van der Waals surface area (Å²) >= 11 is 0. The number of non-ortho nitro benzene ring substituents is 2. The molecule has 2 aromatic carbocycles. The number of benzene rings is 2. The van der Waals surface area contributed by atoms with Gasteiger partial charge in [-0.05, 0) is 11.1 Å². The number of hydrogen-bond acceptors (Lipinski definition) is 7. The van der Waals surface area contributed by atoms with Gasteiger partial charge in [-0.1, -0.05) is 24.3 Å². The molecular formula is C19H21N3O6. The summed E-state index contributed by atoms with van der Waals surface area (Å²) in [5.74, 6) is -0.847. The summed E-state index contributed by atoms with van der Waals surface area (Å²) in [6.45, 7) is 1.78. The van der Waals surface area contributed by atoms with Crippen molar-refractivity contribution >= 4 is 11.4 Å². The summed E-state index contributed by atoms with van der Waals surface area (Å²) in [6, 6.07) is 12.6. The van der Waals surface area contributed by atoms with Gasteiger partial charge in [-0.3, -0.25) is 20.2 Å². The molecule has 148 valence electrons. The van der Waals surface area contributed by atoms with E-state index in [0.29, 0.717) is 37.1 Å². The van der Waals surface area contributed by atoms with Crippen LogP contribution < -0.4 is 5.32 Å². The van der Waals surface area contributed by atoms with Gasteiger partial charge in [0.1, 0.15) is 0 Å². The number of hydrogen-bond donors (Lipinski definition) is 1. The van der Waals surface area contributed by atoms with Gasteiger partial charge in [0.25, 0.3) is 11.4 Å². The van der Waals surface area contributed by atoms with E-state index in [1.165, 1.54) is 24.3 Å². The minimum atomic E-state index is -0.847. The average molecular weight is 387 g/mol. The number of ether oxygens (including phenoxy) is 2. The van der Waals surface area contributed by atoms with E-state index < -0.39 is 15.6 Å². The first-order valence-electron chi connectivity index (χ1n) is 8.93. The number of nitrogens with zero attached hydrogens (tertiary/aromatic N) is 2. The Kier molecular flexibility index (Phi) is 6.30. The molecule has 9 nitrogen and oxygen atoms in total. The molecule has 0 spiro atoms. The van der Waals surface area contributed by atoms with E-state index >= 15 is 0 Å². The van der Waals surface area contributed by atoms with Crippen molar-refractivity contribution in [2.75, 3.05) is 13.1 Å². The highest BCUT2D eigenvalue weighted by Crippen LogP contribution is 2.28. The number of nitro groups is 2. The molecule has 28 heavy (non-hydrogen) atoms. The lowest BCUT2D eigenvalue weighted by atomic mass is 10.0. The summed E-state index contributed by atoms with van der Waals surface area (Å²) in [7, 11) is 0. The highest BCUT2D eigenvalue weighted by atomic mass is 16.7. The third-order valence-electron chi connectivity index (χ3n) is 4.61. The lowest BCUT2D eigenvalue weighted by molar-refractivity contribution is -0.385. The Morgan fingerprint density at radius 2 is 1.32 bits per heavy atom. The third kappa shape index (κ3) is 5.10. The fourth-order valence-corrected chi connectivity index (χ4v) is 3.09. The zero-order chi connectivity index (χ0) is 20.0. The minimum Gasteiger partial charge on any atom is -0.345 e. The Morgan fingerprint density at radius 3 is 1.75 bits per heavy atom. The topological polar surface area (TPSA) is 117 Å². The summed E-state index contributed by atoms with van der Waals surface area (Å²) in [5, 5.41) is 25.1. The van der Waals surface area contributed by atoms with E-state index in [4.69, 9.17) is 9.47 Å². The smallest absolute Gasteiger partial charge is 0.269 e. The zero-order valence-electron chi connectivity index (χ0n) is 15.2. The molecule has 0 saturated carbocycles. The fourth-order valence-electron chi connectivity index (χ4n) is 3.09. The molecule has 1 heterocycles. The van der Waals surface area contributed by atoms with Crippen molar-refractivity contribution in [2.24, 2.45) is 0 Å². The Morgan fingerprint density at radius 1 is 0.857 bits per heavy atom. The maximum Gasteiger partial charge on any atom is 0.269 e. The number of rotatable bonds is 8. The minimum absolute atomic E-state index is 0.0120. The van der Waals surface area contributed by atoms with Gasteiger partial charge in [0.05, 0.1) is 23.1 Å². The van der Waals surface area contributed by atoms with Gasteiger partial charge < -0.3 is 14.8 Å². The quantitative estimate of drug-likeness (QED) is 0.419. The van der Waals surface area contributed by atoms with Crippen molar-refractivity contribution in [3.8, 4) is 0 Å². The molecule has 0 unspecified atom stereocenters. The van der Waals surface area contributed by atoms with E-state index in [-0.39, 0.29) is 24.6 Å². The number of piperidine rings is 1. The third-order valence-corrected chi connectivity index (χ3v) is 4.61. The van der Waals surface area contributed by atoms with Crippen molar-refractivity contribution in [3.63, 3.8) is 0 Å². The standard InChI is InChI=1S/C19H21N3O6/c23-21(24)17-5-1-3-15(11-17)13-27-19(7-9-20-10-8-19)28-14-16-4-2-6-18(12-16)22(25)26/h1-6,11-12,20H,7-10,13-14H2. The largest absolute Gasteiger partial charge is 0.345 e. The van der Waals surface area contributed by atoms with Crippen molar-refractivity contribution in [3.05, 3.63) is 79.9 Å². The van der Waals surface area contributed by atoms with E-state index in [0.717, 1.165) is 0 Å². The van der Waals surface area contributed by atoms with Gasteiger partial charge >= 0.3 is 0 Å². The van der Waals surface area contributed by atoms with Gasteiger partial charge in [0.2, 0.25) is 0 Å². The second-order valence-corrected chi connectivity index (χ2v) is 6.59. The molecule has 0 amide bonds. The predicted molar refractivity (Wildman–Crippen MR) is 101 cm³/mol. The predicted octanol–water partition coefficient (Wildman–Crippen LogP) is 3.32. The van der Waals surface area contributed by atoms with E-state index in [9.17, 15) is 20.2 Å². The SMILES string of the molecule is O=[N+]([O-])c1cccc(COC2(OCc3cccc([N+](=O)[O-])c3)CCNCC2)c1. The first-order valence-corrected chi connectivity index (χ1v) is 8.93. The summed E-state index contributed by atoms with van der Waals surface area (Å²) in [6.07, 6.45) is 1.22. The Balaban J connectivity index is 1.68. The highest BCUT2D eigenvalue weighted by Gasteiger charge is 2.34. The molecule has 1 saturated heterocycles. The van der Waals surface area contributed by atoms with Gasteiger partial charge in [0.15, 0.2) is 5.79 Å². The first kappa shape index (κ1) is 19.9. The summed E-state index contributed by atoms with van der Waals surface area (Å²) in [5.41, 5.74) is 1.40. The van der Waals surface area contributed by atoms with Gasteiger partial charge in [-0.15, -0.1) is 0 Å². The summed E-state index contributed by atoms with van der Waals surface area (Å²) < 4.78 is 12.1. The molecule has 1 fully saturated rings. The fraction of sp³-hybridized carbons (Fsp3) is 0.368. The Labute approximate surface area is 161 Å². The van der Waals surface area contributed by atoms with Gasteiger partial charge in [-0.2, -0.15) is 0 Å². The van der Waals surface area contributed by atoms with Crippen LogP contribution in [0.3, 0.4) is 0 Å². The molecule has 0 radical (unpaired) electrons. The van der Waals surface area contributed by atoms with Crippen LogP contribution in [0.1, 0.15) is 24.0 Å². The van der Waals surface area contributed by atoms with Crippen molar-refractivity contribution in [1.29, 1.82) is 0 Å². The second kappa shape index (κ2) is 8.87. The monoisotopic (exact) mass is 387 g/mol. The van der Waals surface area contributed by atoms with Crippen LogP contribution >= 0.6 is 0 Å². The molecule has 0 bridgehead atoms. The van der Waals surface area contributed by atoms with E-state index in [2.05, 4.69) is 5.32 Å². The molecule has 0 aliphatic carbocycles. The average Bonchev–Trinajstić information content (AvgIpc) is 2.72. The van der Waals surface area contributed by atoms with Crippen LogP contribution in [0, 0.1) is 20.2 Å². The lowest BCUT2D eigenvalue weighted by Crippen LogP contribution is -2.46. The molecule has 0 atom stereocenters. The van der Waals surface area contributed by atoms with Crippen molar-refractivity contribution < 1.29 is 19.3 Å². The molecule has 1 N–H and O–H groups in total. The molecule has 2 aromatic rings. The lowest BCUT2D eigenvalue weighted by Gasteiger charge is -2.37. The molecule has 3 rings (SSSR count). The van der Waals surface area contributed by atoms with Crippen LogP contribution in [-0.4, -0.2) is 28.7 Å². The zero-order valence-corrected chi connectivity index (χ0v) is 15.2. The normalized spacial score (nSPS) is 15.9. The van der Waals surface area contributed by atoms with Crippen LogP contribution in [0.4, 0.5) is 11.4 Å². The molecule has 9 heteroatoms. The Hall–Kier alpha value is -2.88. The van der Waals surface area contributed by atoms with E-state index in [1.54, 1.807) is 24.3 Å². The number of nitrogens with one attached hydrogen (secondary N) is 1. The van der Waals surface area contributed by atoms with Gasteiger partial charge in [-0.25, -0.2) is 0 Å². The maximum atomic E-state index is 10.9. The summed E-state index contributed by atoms with van der Waals surface area (Å²) in [4.78, 5) is 21.0. The second-order valence-electron chi connectivity index (χ2n) is 6.59. The van der Waals surface area contributed by atoms with Crippen LogP contribution in [-0.2, 0) is 22.7 Å².